The third kappa shape index (κ3) is 2.36. The molecule has 0 bridgehead atoms. The number of hydrogen-bond acceptors (Lipinski definition) is 3. The van der Waals surface area contributed by atoms with Crippen LogP contribution in [0.2, 0.25) is 0 Å². The zero-order chi connectivity index (χ0) is 12.4. The van der Waals surface area contributed by atoms with Crippen LogP contribution in [-0.4, -0.2) is 65.7 Å². The summed E-state index contributed by atoms with van der Waals surface area (Å²) >= 11 is 0. The van der Waals surface area contributed by atoms with E-state index in [1.165, 1.54) is 4.90 Å². The molecule has 6 nitrogen and oxygen atoms in total. The minimum atomic E-state index is -0.890. The van der Waals surface area contributed by atoms with Gasteiger partial charge in [-0.3, -0.25) is 0 Å². The van der Waals surface area contributed by atoms with Gasteiger partial charge in [0.15, 0.2) is 0 Å². The summed E-state index contributed by atoms with van der Waals surface area (Å²) in [5.41, 5.74) is 0. The first kappa shape index (κ1) is 12.2. The maximum absolute atomic E-state index is 12.2. The number of carbonyl (C=O) groups is 2. The Balaban J connectivity index is 2.05. The second kappa shape index (κ2) is 4.91. The smallest absolute Gasteiger partial charge is 0.326 e. The van der Waals surface area contributed by atoms with E-state index in [1.807, 2.05) is 6.92 Å². The van der Waals surface area contributed by atoms with Gasteiger partial charge in [-0.1, -0.05) is 6.92 Å². The molecule has 96 valence electrons. The van der Waals surface area contributed by atoms with Gasteiger partial charge in [-0.05, 0) is 12.3 Å². The molecule has 2 fully saturated rings. The molecule has 2 saturated heterocycles. The van der Waals surface area contributed by atoms with E-state index in [0.717, 1.165) is 19.5 Å². The molecule has 2 unspecified atom stereocenters. The second-order valence-electron chi connectivity index (χ2n) is 4.76. The number of carboxylic acid groups (broad SMARTS) is 1. The SMILES string of the molecule is CC1CCN(C(=O)N2CCNCC2)C1C(=O)O. The number of carboxylic acids is 1. The van der Waals surface area contributed by atoms with Crippen LogP contribution in [0.1, 0.15) is 13.3 Å². The fraction of sp³-hybridized carbons (Fsp3) is 0.818. The summed E-state index contributed by atoms with van der Waals surface area (Å²) in [6.07, 6.45) is 0.773. The van der Waals surface area contributed by atoms with Gasteiger partial charge in [-0.2, -0.15) is 0 Å². The highest BCUT2D eigenvalue weighted by molar-refractivity contribution is 5.83. The molecule has 0 aliphatic carbocycles. The van der Waals surface area contributed by atoms with Crippen LogP contribution in [-0.2, 0) is 4.79 Å². The van der Waals surface area contributed by atoms with E-state index in [9.17, 15) is 14.7 Å². The first-order valence-corrected chi connectivity index (χ1v) is 6.10. The molecule has 0 spiro atoms. The molecule has 2 amide bonds. The van der Waals surface area contributed by atoms with Gasteiger partial charge in [0.1, 0.15) is 6.04 Å². The molecule has 2 rings (SSSR count). The van der Waals surface area contributed by atoms with Crippen LogP contribution < -0.4 is 5.32 Å². The van der Waals surface area contributed by atoms with Crippen molar-refractivity contribution in [1.29, 1.82) is 0 Å². The number of nitrogens with zero attached hydrogens (tertiary/aromatic N) is 2. The van der Waals surface area contributed by atoms with Gasteiger partial charge in [0.2, 0.25) is 0 Å². The zero-order valence-electron chi connectivity index (χ0n) is 10.1. The summed E-state index contributed by atoms with van der Waals surface area (Å²) < 4.78 is 0. The van der Waals surface area contributed by atoms with Gasteiger partial charge >= 0.3 is 12.0 Å². The number of piperazine rings is 1. The molecule has 0 radical (unpaired) electrons. The quantitative estimate of drug-likeness (QED) is 0.667. The van der Waals surface area contributed by atoms with Gasteiger partial charge in [0, 0.05) is 32.7 Å². The summed E-state index contributed by atoms with van der Waals surface area (Å²) in [6, 6.07) is -0.777. The van der Waals surface area contributed by atoms with E-state index in [2.05, 4.69) is 5.32 Å². The normalized spacial score (nSPS) is 29.5. The van der Waals surface area contributed by atoms with Gasteiger partial charge in [-0.15, -0.1) is 0 Å². The van der Waals surface area contributed by atoms with Crippen LogP contribution in [0.4, 0.5) is 4.79 Å². The Labute approximate surface area is 101 Å². The monoisotopic (exact) mass is 241 g/mol. The van der Waals surface area contributed by atoms with Crippen LogP contribution >= 0.6 is 0 Å². The summed E-state index contributed by atoms with van der Waals surface area (Å²) in [6.45, 7) is 5.34. The van der Waals surface area contributed by atoms with Crippen molar-refractivity contribution in [3.63, 3.8) is 0 Å². The maximum Gasteiger partial charge on any atom is 0.326 e. The summed E-state index contributed by atoms with van der Waals surface area (Å²) in [5.74, 6) is -0.849. The maximum atomic E-state index is 12.2. The van der Waals surface area contributed by atoms with Gasteiger partial charge in [0.25, 0.3) is 0 Å². The molecule has 17 heavy (non-hydrogen) atoms. The largest absolute Gasteiger partial charge is 0.480 e. The van der Waals surface area contributed by atoms with Crippen molar-refractivity contribution in [2.75, 3.05) is 32.7 Å². The average Bonchev–Trinajstić information content (AvgIpc) is 2.71. The fourth-order valence-electron chi connectivity index (χ4n) is 2.58. The van der Waals surface area contributed by atoms with E-state index in [0.29, 0.717) is 19.6 Å². The number of hydrogen-bond donors (Lipinski definition) is 2. The van der Waals surface area contributed by atoms with Crippen molar-refractivity contribution in [3.8, 4) is 0 Å². The molecule has 2 N–H and O–H groups in total. The van der Waals surface area contributed by atoms with Gasteiger partial charge in [0.05, 0.1) is 0 Å². The fourth-order valence-corrected chi connectivity index (χ4v) is 2.58. The Morgan fingerprint density at radius 2 is 1.88 bits per heavy atom. The minimum absolute atomic E-state index is 0.0411. The van der Waals surface area contributed by atoms with E-state index in [4.69, 9.17) is 0 Å². The standard InChI is InChI=1S/C11H19N3O3/c1-8-2-5-14(9(8)10(15)16)11(17)13-6-3-12-4-7-13/h8-9,12H,2-7H2,1H3,(H,15,16). The van der Waals surface area contributed by atoms with Crippen LogP contribution in [0.25, 0.3) is 0 Å². The Morgan fingerprint density at radius 1 is 1.24 bits per heavy atom. The Morgan fingerprint density at radius 3 is 2.47 bits per heavy atom. The van der Waals surface area contributed by atoms with Gasteiger partial charge < -0.3 is 20.2 Å². The first-order valence-electron chi connectivity index (χ1n) is 6.10. The lowest BCUT2D eigenvalue weighted by molar-refractivity contribution is -0.142. The highest BCUT2D eigenvalue weighted by Gasteiger charge is 2.41. The first-order chi connectivity index (χ1) is 8.11. The predicted molar refractivity (Wildman–Crippen MR) is 61.7 cm³/mol. The van der Waals surface area contributed by atoms with E-state index in [1.54, 1.807) is 4.90 Å². The van der Waals surface area contributed by atoms with Crippen molar-refractivity contribution < 1.29 is 14.7 Å². The van der Waals surface area contributed by atoms with Crippen LogP contribution in [0.5, 0.6) is 0 Å². The Kier molecular flexibility index (Phi) is 3.51. The number of carbonyl (C=O) groups excluding carboxylic acids is 1. The number of nitrogens with one attached hydrogen (secondary N) is 1. The molecular weight excluding hydrogens is 222 g/mol. The lowest BCUT2D eigenvalue weighted by Crippen LogP contribution is -2.54. The van der Waals surface area contributed by atoms with Crippen molar-refractivity contribution in [1.82, 2.24) is 15.1 Å². The molecule has 0 saturated carbocycles. The lowest BCUT2D eigenvalue weighted by Gasteiger charge is -2.33. The number of rotatable bonds is 1. The number of aliphatic carboxylic acids is 1. The van der Waals surface area contributed by atoms with Crippen molar-refractivity contribution in [2.45, 2.75) is 19.4 Å². The van der Waals surface area contributed by atoms with Crippen molar-refractivity contribution in [3.05, 3.63) is 0 Å². The molecule has 2 aliphatic rings. The van der Waals surface area contributed by atoms with Crippen LogP contribution in [0.3, 0.4) is 0 Å². The predicted octanol–water partition coefficient (Wildman–Crippen LogP) is -0.193. The van der Waals surface area contributed by atoms with Crippen LogP contribution in [0.15, 0.2) is 0 Å². The minimum Gasteiger partial charge on any atom is -0.480 e. The van der Waals surface area contributed by atoms with Crippen molar-refractivity contribution in [2.24, 2.45) is 5.92 Å². The summed E-state index contributed by atoms with van der Waals surface area (Å²) in [4.78, 5) is 26.7. The molecule has 6 heteroatoms. The third-order valence-corrected chi connectivity index (χ3v) is 3.59. The molecular formula is C11H19N3O3. The topological polar surface area (TPSA) is 72.9 Å². The summed E-state index contributed by atoms with van der Waals surface area (Å²) in [7, 11) is 0. The van der Waals surface area contributed by atoms with Crippen molar-refractivity contribution >= 4 is 12.0 Å². The summed E-state index contributed by atoms with van der Waals surface area (Å²) in [5, 5.41) is 12.4. The highest BCUT2D eigenvalue weighted by Crippen LogP contribution is 2.25. The second-order valence-corrected chi connectivity index (χ2v) is 4.76. The molecule has 2 heterocycles. The number of amides is 2. The van der Waals surface area contributed by atoms with Crippen LogP contribution in [0, 0.1) is 5.92 Å². The third-order valence-electron chi connectivity index (χ3n) is 3.59. The zero-order valence-corrected chi connectivity index (χ0v) is 10.1. The number of urea groups is 1. The molecule has 0 aromatic rings. The Bertz CT molecular complexity index is 315. The van der Waals surface area contributed by atoms with Gasteiger partial charge in [-0.25, -0.2) is 9.59 Å². The molecule has 2 atom stereocenters. The molecule has 2 aliphatic heterocycles. The number of likely N-dealkylation sites (tertiary alicyclic amines) is 1. The average molecular weight is 241 g/mol. The molecule has 0 aromatic carbocycles. The lowest BCUT2D eigenvalue weighted by atomic mass is 10.0. The molecule has 0 aromatic heterocycles. The van der Waals surface area contributed by atoms with E-state index in [-0.39, 0.29) is 11.9 Å². The van der Waals surface area contributed by atoms with E-state index >= 15 is 0 Å². The Hall–Kier alpha value is -1.30. The van der Waals surface area contributed by atoms with E-state index < -0.39 is 12.0 Å². The highest BCUT2D eigenvalue weighted by atomic mass is 16.4.